The first-order chi connectivity index (χ1) is 26.1. The molecule has 0 aliphatic heterocycles. The first kappa shape index (κ1) is 32.6. The van der Waals surface area contributed by atoms with E-state index in [9.17, 15) is 4.39 Å². The van der Waals surface area contributed by atoms with Gasteiger partial charge in [0.1, 0.15) is 5.82 Å². The molecule has 256 valence electrons. The minimum atomic E-state index is -0.210. The lowest BCUT2D eigenvalue weighted by Gasteiger charge is -2.26. The maximum absolute atomic E-state index is 13.9. The fourth-order valence-electron chi connectivity index (χ4n) is 8.39. The number of aromatic nitrogens is 1. The Morgan fingerprint density at radius 1 is 0.566 bits per heavy atom. The zero-order chi connectivity index (χ0) is 35.7. The highest BCUT2D eigenvalue weighted by Crippen LogP contribution is 2.46. The largest absolute Gasteiger partial charge is 0.310 e. The molecule has 3 unspecified atom stereocenters. The van der Waals surface area contributed by atoms with Crippen molar-refractivity contribution in [3.8, 4) is 27.9 Å². The Hall–Kier alpha value is -6.25. The van der Waals surface area contributed by atoms with Crippen LogP contribution in [0.15, 0.2) is 188 Å². The van der Waals surface area contributed by atoms with Crippen LogP contribution in [0, 0.1) is 5.82 Å². The third-order valence-corrected chi connectivity index (χ3v) is 11.1. The maximum Gasteiger partial charge on any atom is 0.123 e. The van der Waals surface area contributed by atoms with Crippen LogP contribution in [0.4, 0.5) is 4.39 Å². The SMILES string of the molecule is CC1c2c(n(-c3ccccc3)c3ccc(-c4cccc(-c5ccc(C(Cc6ccccc6)c6ccc(F)cc6)cc5)c4)cc23)C=CC1c1ccccc1. The smallest absolute Gasteiger partial charge is 0.123 e. The average molecular weight is 686 g/mol. The van der Waals surface area contributed by atoms with Gasteiger partial charge < -0.3 is 4.57 Å². The van der Waals surface area contributed by atoms with Gasteiger partial charge in [0.25, 0.3) is 0 Å². The van der Waals surface area contributed by atoms with Gasteiger partial charge in [0.05, 0.1) is 11.2 Å². The summed E-state index contributed by atoms with van der Waals surface area (Å²) in [6.45, 7) is 2.38. The minimum absolute atomic E-state index is 0.123. The predicted octanol–water partition coefficient (Wildman–Crippen LogP) is 13.4. The highest BCUT2D eigenvalue weighted by Gasteiger charge is 2.30. The summed E-state index contributed by atoms with van der Waals surface area (Å²) in [6.07, 6.45) is 5.57. The molecule has 7 aromatic carbocycles. The molecule has 1 heterocycles. The second kappa shape index (κ2) is 14.1. The predicted molar refractivity (Wildman–Crippen MR) is 219 cm³/mol. The van der Waals surface area contributed by atoms with Gasteiger partial charge in [-0.2, -0.15) is 0 Å². The summed E-state index contributed by atoms with van der Waals surface area (Å²) in [5, 5.41) is 1.30. The molecule has 0 spiro atoms. The third-order valence-electron chi connectivity index (χ3n) is 11.1. The second-order valence-corrected chi connectivity index (χ2v) is 14.3. The fraction of sp³-hybridized carbons (Fsp3) is 0.0980. The van der Waals surface area contributed by atoms with Crippen LogP contribution in [0.3, 0.4) is 0 Å². The standard InChI is InChI=1S/C51H40FN/c1-35-46(38-14-7-3-8-15-38)29-31-50-51(35)48-34-43(26-30-49(48)53(50)45-18-9-4-10-19-45)42-17-11-16-41(33-42)37-20-22-39(23-21-37)47(32-36-12-5-2-6-13-36)40-24-27-44(52)28-25-40/h2-31,33-35,46-47H,32H2,1H3. The summed E-state index contributed by atoms with van der Waals surface area (Å²) in [5.74, 6) is 0.533. The Balaban J connectivity index is 1.08. The lowest BCUT2D eigenvalue weighted by Crippen LogP contribution is -2.11. The van der Waals surface area contributed by atoms with Crippen LogP contribution < -0.4 is 0 Å². The second-order valence-electron chi connectivity index (χ2n) is 14.3. The molecule has 0 saturated heterocycles. The summed E-state index contributed by atoms with van der Waals surface area (Å²) < 4.78 is 16.3. The number of para-hydroxylation sites is 1. The summed E-state index contributed by atoms with van der Waals surface area (Å²) in [6, 6.07) is 63.9. The van der Waals surface area contributed by atoms with Crippen LogP contribution in [0.1, 0.15) is 58.2 Å². The first-order valence-electron chi connectivity index (χ1n) is 18.6. The number of fused-ring (bicyclic) bond motifs is 3. The van der Waals surface area contributed by atoms with Crippen molar-refractivity contribution in [3.05, 3.63) is 227 Å². The lowest BCUT2D eigenvalue weighted by atomic mass is 9.78. The Kier molecular flexibility index (Phi) is 8.65. The molecule has 1 aromatic heterocycles. The zero-order valence-corrected chi connectivity index (χ0v) is 29.7. The van der Waals surface area contributed by atoms with E-state index < -0.39 is 0 Å². The molecule has 1 nitrogen and oxygen atoms in total. The van der Waals surface area contributed by atoms with Crippen molar-refractivity contribution in [2.75, 3.05) is 0 Å². The molecular formula is C51H40FN. The molecule has 0 saturated carbocycles. The van der Waals surface area contributed by atoms with Gasteiger partial charge in [-0.15, -0.1) is 0 Å². The summed E-state index contributed by atoms with van der Waals surface area (Å²) in [4.78, 5) is 0. The number of allylic oxidation sites excluding steroid dienone is 1. The van der Waals surface area contributed by atoms with Gasteiger partial charge >= 0.3 is 0 Å². The molecule has 3 atom stereocenters. The van der Waals surface area contributed by atoms with Crippen LogP contribution in [-0.4, -0.2) is 4.57 Å². The Bertz CT molecular complexity index is 2530. The number of rotatable bonds is 8. The molecule has 0 fully saturated rings. The van der Waals surface area contributed by atoms with Crippen molar-refractivity contribution in [2.45, 2.75) is 31.1 Å². The van der Waals surface area contributed by atoms with Crippen molar-refractivity contribution in [1.29, 1.82) is 0 Å². The van der Waals surface area contributed by atoms with Crippen LogP contribution in [0.5, 0.6) is 0 Å². The van der Waals surface area contributed by atoms with Gasteiger partial charge in [-0.3, -0.25) is 0 Å². The van der Waals surface area contributed by atoms with E-state index in [0.29, 0.717) is 11.8 Å². The molecule has 9 rings (SSSR count). The van der Waals surface area contributed by atoms with Gasteiger partial charge in [0, 0.05) is 22.9 Å². The molecule has 8 aromatic rings. The molecule has 1 aliphatic carbocycles. The average Bonchev–Trinajstić information content (AvgIpc) is 3.56. The van der Waals surface area contributed by atoms with Crippen molar-refractivity contribution < 1.29 is 4.39 Å². The molecule has 53 heavy (non-hydrogen) atoms. The van der Waals surface area contributed by atoms with Crippen molar-refractivity contribution >= 4 is 17.0 Å². The van der Waals surface area contributed by atoms with Gasteiger partial charge in [0.2, 0.25) is 0 Å². The van der Waals surface area contributed by atoms with Crippen LogP contribution in [0.25, 0.3) is 44.9 Å². The van der Waals surface area contributed by atoms with E-state index in [2.05, 4.69) is 175 Å². The van der Waals surface area contributed by atoms with Crippen LogP contribution in [0.2, 0.25) is 0 Å². The Labute approximate surface area is 311 Å². The fourth-order valence-corrected chi connectivity index (χ4v) is 8.39. The summed E-state index contributed by atoms with van der Waals surface area (Å²) in [7, 11) is 0. The zero-order valence-electron chi connectivity index (χ0n) is 29.7. The number of hydrogen-bond acceptors (Lipinski definition) is 0. The quantitative estimate of drug-likeness (QED) is 0.150. The number of nitrogens with zero attached hydrogens (tertiary/aromatic N) is 1. The monoisotopic (exact) mass is 685 g/mol. The first-order valence-corrected chi connectivity index (χ1v) is 18.6. The number of halogens is 1. The number of hydrogen-bond donors (Lipinski definition) is 0. The topological polar surface area (TPSA) is 4.93 Å². The Morgan fingerprint density at radius 2 is 1.15 bits per heavy atom. The maximum atomic E-state index is 13.9. The van der Waals surface area contributed by atoms with Gasteiger partial charge in [-0.05, 0) is 111 Å². The van der Waals surface area contributed by atoms with Crippen LogP contribution >= 0.6 is 0 Å². The normalized spacial score (nSPS) is 15.7. The van der Waals surface area contributed by atoms with E-state index in [1.54, 1.807) is 12.1 Å². The van der Waals surface area contributed by atoms with E-state index in [1.165, 1.54) is 66.8 Å². The van der Waals surface area contributed by atoms with Crippen molar-refractivity contribution in [2.24, 2.45) is 0 Å². The van der Waals surface area contributed by atoms with E-state index in [0.717, 1.165) is 12.0 Å². The van der Waals surface area contributed by atoms with E-state index >= 15 is 0 Å². The third kappa shape index (κ3) is 6.32. The number of benzene rings is 7. The molecular weight excluding hydrogens is 646 g/mol. The van der Waals surface area contributed by atoms with Gasteiger partial charge in [-0.25, -0.2) is 4.39 Å². The molecule has 0 radical (unpaired) electrons. The van der Waals surface area contributed by atoms with Crippen molar-refractivity contribution in [1.82, 2.24) is 4.57 Å². The molecule has 1 aliphatic rings. The van der Waals surface area contributed by atoms with E-state index in [4.69, 9.17) is 0 Å². The summed E-state index contributed by atoms with van der Waals surface area (Å²) in [5.41, 5.74) is 14.8. The van der Waals surface area contributed by atoms with E-state index in [1.807, 2.05) is 18.2 Å². The highest BCUT2D eigenvalue weighted by molar-refractivity contribution is 5.95. The van der Waals surface area contributed by atoms with E-state index in [-0.39, 0.29) is 11.7 Å². The van der Waals surface area contributed by atoms with Crippen LogP contribution in [-0.2, 0) is 6.42 Å². The molecule has 0 N–H and O–H groups in total. The molecule has 2 heteroatoms. The van der Waals surface area contributed by atoms with Crippen molar-refractivity contribution in [3.63, 3.8) is 0 Å². The highest BCUT2D eigenvalue weighted by atomic mass is 19.1. The Morgan fingerprint density at radius 3 is 1.85 bits per heavy atom. The summed E-state index contributed by atoms with van der Waals surface area (Å²) >= 11 is 0. The minimum Gasteiger partial charge on any atom is -0.310 e. The van der Waals surface area contributed by atoms with Gasteiger partial charge in [-0.1, -0.05) is 153 Å². The lowest BCUT2D eigenvalue weighted by molar-refractivity contribution is 0.626. The molecule has 0 bridgehead atoms. The van der Waals surface area contributed by atoms with Gasteiger partial charge in [0.15, 0.2) is 0 Å². The molecule has 0 amide bonds.